The number of piperidine rings is 3. The summed E-state index contributed by atoms with van der Waals surface area (Å²) in [6, 6.07) is 32.9. The zero-order chi connectivity index (χ0) is 87.1. The van der Waals surface area contributed by atoms with E-state index in [1.54, 1.807) is 41.9 Å². The molecule has 0 radical (unpaired) electrons. The molecule has 8 aliphatic rings. The fourth-order valence-electron chi connectivity index (χ4n) is 19.9. The van der Waals surface area contributed by atoms with E-state index in [9.17, 15) is 19.2 Å². The molecule has 0 unspecified atom stereocenters. The number of anilines is 1. The van der Waals surface area contributed by atoms with Crippen LogP contribution < -0.4 is 32.5 Å². The Morgan fingerprint density at radius 3 is 1.00 bits per heavy atom. The van der Waals surface area contributed by atoms with Gasteiger partial charge in [0.25, 0.3) is 22.2 Å². The Labute approximate surface area is 739 Å². The maximum atomic E-state index is 13.1. The van der Waals surface area contributed by atoms with Gasteiger partial charge in [-0.05, 0) is 252 Å². The molecule has 0 atom stereocenters. The van der Waals surface area contributed by atoms with Gasteiger partial charge in [-0.25, -0.2) is 38.0 Å². The van der Waals surface area contributed by atoms with Gasteiger partial charge in [0.05, 0.1) is 140 Å². The Morgan fingerprint density at radius 2 is 0.664 bits per heavy atom. The van der Waals surface area contributed by atoms with Crippen LogP contribution in [0.5, 0.6) is 0 Å². The molecule has 8 fully saturated rings. The first-order valence-corrected chi connectivity index (χ1v) is 46.3. The summed E-state index contributed by atoms with van der Waals surface area (Å²) in [5.41, 5.74) is 23.9. The van der Waals surface area contributed by atoms with Crippen LogP contribution in [0.15, 0.2) is 166 Å². The van der Waals surface area contributed by atoms with Crippen molar-refractivity contribution in [2.75, 3.05) is 83.6 Å². The third-order valence-corrected chi connectivity index (χ3v) is 27.5. The van der Waals surface area contributed by atoms with Gasteiger partial charge in [-0.1, -0.05) is 45.4 Å². The molecule has 656 valence electrons. The van der Waals surface area contributed by atoms with E-state index in [0.29, 0.717) is 97.9 Å². The molecule has 3 aliphatic carbocycles. The predicted molar refractivity (Wildman–Crippen MR) is 494 cm³/mol. The van der Waals surface area contributed by atoms with E-state index < -0.39 is 0 Å². The highest BCUT2D eigenvalue weighted by atomic mass is 16.5. The Morgan fingerprint density at radius 1 is 0.328 bits per heavy atom. The molecule has 5 aliphatic heterocycles. The molecular weight excluding hydrogens is 1610 g/mol. The Bertz CT molecular complexity index is 6980. The molecule has 16 aromatic rings. The fraction of sp³-hybridized carbons (Fsp3) is 0.429. The number of hydrogen-bond acceptors (Lipinski definition) is 22. The average molecular weight is 1720 g/mol. The van der Waals surface area contributed by atoms with Gasteiger partial charge >= 0.3 is 0 Å². The van der Waals surface area contributed by atoms with Crippen molar-refractivity contribution < 1.29 is 4.74 Å². The van der Waals surface area contributed by atoms with Crippen LogP contribution in [0.4, 0.5) is 5.69 Å². The summed E-state index contributed by atoms with van der Waals surface area (Å²) in [7, 11) is 0. The summed E-state index contributed by atoms with van der Waals surface area (Å²) in [6.07, 6.45) is 34.1. The van der Waals surface area contributed by atoms with E-state index in [1.165, 1.54) is 87.8 Å². The van der Waals surface area contributed by atoms with E-state index in [1.807, 2.05) is 150 Å². The second-order valence-electron chi connectivity index (χ2n) is 36.3. The second-order valence-corrected chi connectivity index (χ2v) is 36.3. The summed E-state index contributed by atoms with van der Waals surface area (Å²) in [5.74, 6) is 2.02. The smallest absolute Gasteiger partial charge is 0.258 e. The first kappa shape index (κ1) is 82.5. The molecule has 128 heavy (non-hydrogen) atoms. The average Bonchev–Trinajstić information content (AvgIpc) is 1.56. The molecule has 0 aromatic carbocycles. The van der Waals surface area contributed by atoms with E-state index >= 15 is 0 Å². The summed E-state index contributed by atoms with van der Waals surface area (Å²) in [4.78, 5) is 99.8. The van der Waals surface area contributed by atoms with Crippen molar-refractivity contribution in [1.82, 2.24) is 116 Å². The second kappa shape index (κ2) is 34.6. The van der Waals surface area contributed by atoms with Crippen LogP contribution in [0.3, 0.4) is 0 Å². The van der Waals surface area contributed by atoms with E-state index in [4.69, 9.17) is 34.8 Å². The maximum absolute atomic E-state index is 13.1. The Kier molecular flexibility index (Phi) is 22.3. The Hall–Kier alpha value is -12.5. The van der Waals surface area contributed by atoms with Gasteiger partial charge < -0.3 is 24.8 Å². The molecule has 1 N–H and O–H groups in total. The van der Waals surface area contributed by atoms with Crippen molar-refractivity contribution in [2.24, 2.45) is 0 Å². The summed E-state index contributed by atoms with van der Waals surface area (Å²) >= 11 is 0. The molecule has 24 rings (SSSR count). The largest absolute Gasteiger partial charge is 0.378 e. The van der Waals surface area contributed by atoms with Crippen LogP contribution >= 0.6 is 0 Å². The lowest BCUT2D eigenvalue weighted by atomic mass is 9.86. The standard InChI is InChI=1S/C26H30N6O.C25H28N6O2.C25H28N6O.C22H23N7O/c1-3-21-24-13-23(29-32(24)15-17(2)27-21)22-14-26(33)31-16-19(7-8-25(31)28-22)18-9-11-30(12-10-18)20-5-4-6-20;1-3-20-23-10-22(28-31(23)12-16(2)26-20)21-11-25(32)30-13-18(4-5-24(30)27-21)17-6-8-29(9-7-17)19-14-33-15-19;1-3-20-23-12-22(28-31(23)14-16(2)26-20)21-13-25(32)30-15-18(4-7-24(30)27-21)17-8-10-29(11-9-17)19-5-6-19;1-14-12-29-19(22(24-14)15-2-3-15)10-18(26-29)17-11-21(30)28-13-16(4-5-20(28)25-17)27-8-6-23-7-9-27/h7-8,13-16,18,20H,3-6,9-12H2,1-2H3;4-5,10-13,17,19H,3,6-9,14-15H2,1-2H3;4,7,12-15,17,19H,3,5-6,8-11H2,1-2H3;4-5,10-13,15,23H,2-3,6-9H2,1H3. The molecule has 0 spiro atoms. The molecule has 30 heteroatoms. The molecular formula is C98H109N25O5. The van der Waals surface area contributed by atoms with Crippen LogP contribution in [-0.2, 0) is 24.0 Å². The zero-order valence-corrected chi connectivity index (χ0v) is 74.0. The van der Waals surface area contributed by atoms with Crippen molar-refractivity contribution in [1.29, 1.82) is 0 Å². The molecule has 3 saturated carbocycles. The number of likely N-dealkylation sites (tertiary alicyclic amines) is 3. The van der Waals surface area contributed by atoms with Crippen LogP contribution in [0, 0.1) is 27.7 Å². The summed E-state index contributed by atoms with van der Waals surface area (Å²) < 4.78 is 19.4. The zero-order valence-electron chi connectivity index (χ0n) is 74.0. The van der Waals surface area contributed by atoms with Crippen LogP contribution in [0.1, 0.15) is 190 Å². The van der Waals surface area contributed by atoms with E-state index in [0.717, 1.165) is 196 Å². The minimum absolute atomic E-state index is 0.0640. The van der Waals surface area contributed by atoms with Crippen LogP contribution in [0.25, 0.3) is 90.2 Å². The van der Waals surface area contributed by atoms with Crippen molar-refractivity contribution in [3.8, 4) is 45.6 Å². The number of pyridine rings is 4. The highest BCUT2D eigenvalue weighted by molar-refractivity contribution is 5.71. The van der Waals surface area contributed by atoms with Crippen molar-refractivity contribution >= 4 is 50.3 Å². The third kappa shape index (κ3) is 16.7. The first-order chi connectivity index (χ1) is 62.4. The van der Waals surface area contributed by atoms with Gasteiger partial charge in [-0.2, -0.15) is 20.4 Å². The maximum Gasteiger partial charge on any atom is 0.258 e. The van der Waals surface area contributed by atoms with Crippen molar-refractivity contribution in [3.05, 3.63) is 250 Å². The predicted octanol–water partition coefficient (Wildman–Crippen LogP) is 12.5. The fourth-order valence-corrected chi connectivity index (χ4v) is 19.9. The number of fused-ring (bicyclic) bond motifs is 8. The van der Waals surface area contributed by atoms with E-state index in [2.05, 4.69) is 94.1 Å². The van der Waals surface area contributed by atoms with Gasteiger partial charge in [-0.15, -0.1) is 0 Å². The normalized spacial score (nSPS) is 17.9. The van der Waals surface area contributed by atoms with Gasteiger partial charge in [0.1, 0.15) is 45.4 Å². The molecule has 30 nitrogen and oxygen atoms in total. The third-order valence-electron chi connectivity index (χ3n) is 27.5. The highest BCUT2D eigenvalue weighted by Crippen LogP contribution is 2.42. The lowest BCUT2D eigenvalue weighted by Gasteiger charge is -2.41. The first-order valence-electron chi connectivity index (χ1n) is 46.3. The number of rotatable bonds is 15. The number of nitrogens with zero attached hydrogens (tertiary/aromatic N) is 24. The van der Waals surface area contributed by atoms with Crippen molar-refractivity contribution in [3.63, 3.8) is 0 Å². The molecule has 16 aromatic heterocycles. The van der Waals surface area contributed by atoms with Crippen LogP contribution in [-0.4, -0.2) is 207 Å². The molecule has 0 bridgehead atoms. The number of hydrogen-bond donors (Lipinski definition) is 1. The minimum atomic E-state index is -0.0965. The monoisotopic (exact) mass is 1720 g/mol. The Balaban J connectivity index is 0.000000104. The summed E-state index contributed by atoms with van der Waals surface area (Å²) in [6.45, 7) is 26.5. The van der Waals surface area contributed by atoms with Gasteiger partial charge in [0, 0.05) is 93.2 Å². The topological polar surface area (TPSA) is 292 Å². The van der Waals surface area contributed by atoms with Gasteiger partial charge in [-0.3, -0.25) is 61.6 Å². The quantitative estimate of drug-likeness (QED) is 0.0997. The molecule has 0 amide bonds. The van der Waals surface area contributed by atoms with E-state index in [-0.39, 0.29) is 22.2 Å². The number of aryl methyl sites for hydroxylation is 7. The SMILES string of the molecule is CCc1nc(C)cn2nc(-c3cc(=O)n4cc(C5CCN(C6CC6)CC5)ccc4n3)cc12.CCc1nc(C)cn2nc(-c3cc(=O)n4cc(C5CCN(C6CCC6)CC5)ccc4n3)cc12.CCc1nc(C)cn2nc(-c3cc(=O)n4cc(C5CCN(C6COC6)CC5)ccc4n3)cc12.Cc1cn2nc(-c3cc(=O)n4cc(N5CCNCC5)ccc4n3)cc2c(C2CC2)n1. The molecule has 5 saturated heterocycles. The lowest BCUT2D eigenvalue weighted by molar-refractivity contribution is -0.0712. The summed E-state index contributed by atoms with van der Waals surface area (Å²) in [5, 5.41) is 22.1. The number of piperazine rings is 1. The lowest BCUT2D eigenvalue weighted by Crippen LogP contribution is -2.51. The highest BCUT2D eigenvalue weighted by Gasteiger charge is 2.35. The van der Waals surface area contributed by atoms with Crippen LogP contribution in [0.2, 0.25) is 0 Å². The number of nitrogens with one attached hydrogen (secondary N) is 1. The number of aromatic nitrogens is 20. The minimum Gasteiger partial charge on any atom is -0.378 e. The van der Waals surface area contributed by atoms with Gasteiger partial charge in [0.15, 0.2) is 0 Å². The van der Waals surface area contributed by atoms with Gasteiger partial charge in [0.2, 0.25) is 0 Å². The molecule has 21 heterocycles. The van der Waals surface area contributed by atoms with Crippen molar-refractivity contribution in [2.45, 2.75) is 193 Å². The number of ether oxygens (including phenoxy) is 1.